The Morgan fingerprint density at radius 1 is 1.18 bits per heavy atom. The van der Waals surface area contributed by atoms with E-state index in [2.05, 4.69) is 57.4 Å². The highest BCUT2D eigenvalue weighted by Gasteiger charge is 2.32. The molecule has 49 heavy (non-hydrogen) atoms. The highest BCUT2D eigenvalue weighted by atomic mass is 32.2. The van der Waals surface area contributed by atoms with Crippen molar-refractivity contribution in [3.05, 3.63) is 40.9 Å². The summed E-state index contributed by atoms with van der Waals surface area (Å²) in [4.78, 5) is 15.3. The number of nitrogens with two attached hydrogens (primary N) is 1. The summed E-state index contributed by atoms with van der Waals surface area (Å²) >= 11 is 1.02. The molecule has 1 aliphatic heterocycles. The van der Waals surface area contributed by atoms with E-state index in [1.807, 2.05) is 25.3 Å². The number of hydrogen-bond donors (Lipinski definition) is 7. The number of amides is 2. The Balaban J connectivity index is -0.000000315. The van der Waals surface area contributed by atoms with E-state index in [4.69, 9.17) is 15.3 Å². The zero-order valence-electron chi connectivity index (χ0n) is 30.4. The molecule has 1 saturated carbocycles. The summed E-state index contributed by atoms with van der Waals surface area (Å²) in [6, 6.07) is -0.518. The molecule has 2 heterocycles. The maximum Gasteiger partial charge on any atom is 0.431 e. The van der Waals surface area contributed by atoms with Gasteiger partial charge in [-0.05, 0) is 88.5 Å². The van der Waals surface area contributed by atoms with Crippen LogP contribution in [0, 0.1) is 17.8 Å². The molecule has 2 amide bonds. The van der Waals surface area contributed by atoms with Crippen molar-refractivity contribution in [3.63, 3.8) is 0 Å². The summed E-state index contributed by atoms with van der Waals surface area (Å²) in [6.45, 7) is 14.1. The number of allylic oxidation sites excluding steroid dienone is 3. The number of carbonyl (C=O) groups excluding carboxylic acids is 1. The van der Waals surface area contributed by atoms with Crippen molar-refractivity contribution in [3.8, 4) is 0 Å². The molecule has 3 rings (SSSR count). The molecule has 2 atom stereocenters. The second kappa shape index (κ2) is 24.1. The summed E-state index contributed by atoms with van der Waals surface area (Å²) < 4.78 is 40.9. The third-order valence-electron chi connectivity index (χ3n) is 6.55. The van der Waals surface area contributed by atoms with E-state index in [-0.39, 0.29) is 16.4 Å². The molecule has 12 nitrogen and oxygen atoms in total. The fourth-order valence-corrected chi connectivity index (χ4v) is 5.17. The Kier molecular flexibility index (Phi) is 22.6. The Morgan fingerprint density at radius 2 is 1.80 bits per heavy atom. The second-order valence-corrected chi connectivity index (χ2v) is 13.7. The monoisotopic (exact) mass is 726 g/mol. The third-order valence-corrected chi connectivity index (χ3v) is 7.02. The number of urea groups is 1. The number of nitrogens with one attached hydrogen (secondary N) is 4. The molecule has 1 aromatic heterocycles. The smallest absolute Gasteiger partial charge is 0.417 e. The van der Waals surface area contributed by atoms with Crippen molar-refractivity contribution in [2.45, 2.75) is 111 Å². The molecule has 1 unspecified atom stereocenters. The van der Waals surface area contributed by atoms with Crippen LogP contribution in [0.25, 0.3) is 5.70 Å². The minimum atomic E-state index is -4.25. The summed E-state index contributed by atoms with van der Waals surface area (Å²) in [7, 11) is 1.25. The van der Waals surface area contributed by atoms with Crippen molar-refractivity contribution < 1.29 is 37.0 Å². The number of alkyl halides is 3. The minimum Gasteiger partial charge on any atom is -0.417 e. The van der Waals surface area contributed by atoms with Crippen LogP contribution in [-0.2, 0) is 0 Å². The van der Waals surface area contributed by atoms with Gasteiger partial charge in [0.1, 0.15) is 23.3 Å². The lowest BCUT2D eigenvalue weighted by atomic mass is 9.84. The van der Waals surface area contributed by atoms with Gasteiger partial charge in [0.15, 0.2) is 0 Å². The molecule has 0 bridgehead atoms. The van der Waals surface area contributed by atoms with Gasteiger partial charge in [-0.1, -0.05) is 40.0 Å². The van der Waals surface area contributed by atoms with E-state index < -0.39 is 17.5 Å². The number of halogens is 3. The minimum absolute atomic E-state index is 0. The van der Waals surface area contributed by atoms with Gasteiger partial charge in [-0.3, -0.25) is 10.3 Å². The highest BCUT2D eigenvalue weighted by Crippen LogP contribution is 2.34. The molecule has 0 saturated heterocycles. The van der Waals surface area contributed by atoms with Gasteiger partial charge >= 0.3 is 12.2 Å². The molecule has 8 N–H and O–H groups in total. The van der Waals surface area contributed by atoms with Crippen LogP contribution in [0.3, 0.4) is 0 Å². The predicted octanol–water partition coefficient (Wildman–Crippen LogP) is 7.76. The molecule has 2 aliphatic rings. The zero-order chi connectivity index (χ0) is 37.6. The lowest BCUT2D eigenvalue weighted by molar-refractivity contribution is -0.0957. The lowest BCUT2D eigenvalue weighted by Gasteiger charge is -2.26. The number of carbonyl (C=O) groups is 1. The van der Waals surface area contributed by atoms with E-state index in [1.165, 1.54) is 26.3 Å². The summed E-state index contributed by atoms with van der Waals surface area (Å²) in [5.74, 6) is 2.68. The van der Waals surface area contributed by atoms with Gasteiger partial charge in [0.05, 0.1) is 5.60 Å². The molecular weight excluding hydrogens is 661 g/mol. The van der Waals surface area contributed by atoms with Crippen LogP contribution in [0.4, 0.5) is 18.0 Å². The van der Waals surface area contributed by atoms with Crippen LogP contribution in [0.2, 0.25) is 0 Å². The average molecular weight is 727 g/mol. The van der Waals surface area contributed by atoms with Gasteiger partial charge in [-0.15, -0.1) is 22.0 Å². The van der Waals surface area contributed by atoms with Crippen molar-refractivity contribution >= 4 is 29.7 Å². The standard InChI is InChI=1S/C13H18N4O2.C11H23N3O.C5H8F3NS.C4H10O.3H2/c18-17-11(9-5-2-1-3-6-9)13-16-15-12(19-13)10-7-4-8-14-10;1-5-13-11(15)14-10(12)7-9(4)6-8(2)3;1-9-4(3-10-2)5(6,7)8;1-4(2,3)5;;;/h7-9,11,17-18H,1-6H2;7-9H,5-6,12H2,1-4H3,(H2,13,14,15);3,9H,1-2H3;5H,1-3H3;3*1H/b;10-7+;4-3-;;;;/t11-;;;;;;/m0....../s1. The van der Waals surface area contributed by atoms with E-state index in [0.717, 1.165) is 48.6 Å². The van der Waals surface area contributed by atoms with Crippen molar-refractivity contribution in [1.82, 2.24) is 31.6 Å². The van der Waals surface area contributed by atoms with E-state index in [1.54, 1.807) is 27.0 Å². The lowest BCUT2D eigenvalue weighted by Crippen LogP contribution is -2.37. The third kappa shape index (κ3) is 22.3. The number of hydrogen-bond acceptors (Lipinski definition) is 11. The molecule has 1 aromatic rings. The van der Waals surface area contributed by atoms with Crippen LogP contribution >= 0.6 is 11.8 Å². The van der Waals surface area contributed by atoms with Crippen molar-refractivity contribution in [2.75, 3.05) is 19.8 Å². The molecule has 1 aliphatic carbocycles. The van der Waals surface area contributed by atoms with Crippen LogP contribution in [-0.4, -0.2) is 64.4 Å². The fraction of sp³-hybridized carbons (Fsp3) is 0.697. The molecule has 0 aromatic carbocycles. The molecule has 0 radical (unpaired) electrons. The van der Waals surface area contributed by atoms with E-state index >= 15 is 0 Å². The largest absolute Gasteiger partial charge is 0.431 e. The highest BCUT2D eigenvalue weighted by molar-refractivity contribution is 8.01. The summed E-state index contributed by atoms with van der Waals surface area (Å²) in [5.41, 5.74) is 7.52. The van der Waals surface area contributed by atoms with Crippen molar-refractivity contribution in [2.24, 2.45) is 28.5 Å². The number of aromatic nitrogens is 2. The maximum atomic E-state index is 11.8. The second-order valence-electron chi connectivity index (χ2n) is 13.0. The molecule has 16 heteroatoms. The van der Waals surface area contributed by atoms with Crippen LogP contribution in [0.5, 0.6) is 0 Å². The van der Waals surface area contributed by atoms with Crippen LogP contribution in [0.1, 0.15) is 116 Å². The first kappa shape index (κ1) is 45.9. The van der Waals surface area contributed by atoms with Gasteiger partial charge in [0, 0.05) is 30.5 Å². The molecule has 0 spiro atoms. The Morgan fingerprint density at radius 3 is 2.22 bits per heavy atom. The molecule has 1 fully saturated rings. The van der Waals surface area contributed by atoms with Gasteiger partial charge in [-0.2, -0.15) is 18.7 Å². The number of hydroxylamine groups is 1. The number of aliphatic hydroxyl groups is 1. The first-order valence-corrected chi connectivity index (χ1v) is 17.8. The first-order chi connectivity index (χ1) is 22.9. The number of thioether (sulfide) groups is 1. The number of rotatable bonds is 11. The van der Waals surface area contributed by atoms with E-state index in [9.17, 15) is 23.2 Å². The van der Waals surface area contributed by atoms with Crippen LogP contribution < -0.4 is 27.2 Å². The Bertz CT molecular complexity index is 1200. The number of aliphatic imine (C=N–C) groups is 1. The summed E-state index contributed by atoms with van der Waals surface area (Å²) in [6.07, 6.45) is 10.6. The molecule has 288 valence electrons. The Hall–Kier alpha value is -3.08. The van der Waals surface area contributed by atoms with Crippen LogP contribution in [0.15, 0.2) is 38.5 Å². The van der Waals surface area contributed by atoms with Gasteiger partial charge < -0.3 is 31.1 Å². The molecular formula is C33H65F3N8O4S. The van der Waals surface area contributed by atoms with E-state index in [0.29, 0.717) is 41.9 Å². The zero-order valence-corrected chi connectivity index (χ0v) is 31.3. The van der Waals surface area contributed by atoms with Gasteiger partial charge in [0.25, 0.3) is 5.89 Å². The fourth-order valence-electron chi connectivity index (χ4n) is 4.69. The SMILES string of the molecule is CC(C)(C)O.CCNC(=O)N/C(N)=C/C(C)CC(C)C.CN/C(=C\SC)C(F)(F)F.ON[C@H](c1nnc(C2=CCC=N2)o1)C1CCCCC1.[HH].[HH].[HH]. The average Bonchev–Trinajstić information content (AvgIpc) is 3.69. The number of nitrogens with zero attached hydrogens (tertiary/aromatic N) is 3. The van der Waals surface area contributed by atoms with Crippen molar-refractivity contribution in [1.29, 1.82) is 0 Å². The van der Waals surface area contributed by atoms with Gasteiger partial charge in [-0.25, -0.2) is 4.79 Å². The first-order valence-electron chi connectivity index (χ1n) is 16.5. The van der Waals surface area contributed by atoms with Gasteiger partial charge in [0.2, 0.25) is 5.89 Å². The quantitative estimate of drug-likeness (QED) is 0.111. The Labute approximate surface area is 298 Å². The summed E-state index contributed by atoms with van der Waals surface area (Å²) in [5, 5.41) is 34.2. The topological polar surface area (TPSA) is 183 Å². The normalized spacial score (nSPS) is 16.6. The predicted molar refractivity (Wildman–Crippen MR) is 198 cm³/mol. The maximum absolute atomic E-state index is 11.8.